The minimum Gasteiger partial charge on any atom is -0.443 e. The predicted molar refractivity (Wildman–Crippen MR) is 153 cm³/mol. The van der Waals surface area contributed by atoms with Crippen molar-refractivity contribution in [2.75, 3.05) is 0 Å². The van der Waals surface area contributed by atoms with Gasteiger partial charge in [0.05, 0.1) is 11.2 Å². The van der Waals surface area contributed by atoms with Gasteiger partial charge in [-0.3, -0.25) is 0 Å². The highest BCUT2D eigenvalue weighted by molar-refractivity contribution is 5.89. The van der Waals surface area contributed by atoms with Gasteiger partial charge in [-0.15, -0.1) is 6.42 Å². The Morgan fingerprint density at radius 3 is 2.47 bits per heavy atom. The number of ether oxygens (including phenoxy) is 1. The molecule has 10 atom stereocenters. The molecule has 0 aromatic heterocycles. The molecule has 1 unspecified atom stereocenters. The topological polar surface area (TPSA) is 46.5 Å². The summed E-state index contributed by atoms with van der Waals surface area (Å²) in [5.74, 6) is 6.91. The highest BCUT2D eigenvalue weighted by atomic mass is 16.6. The third-order valence-electron chi connectivity index (χ3n) is 12.4. The van der Waals surface area contributed by atoms with Crippen LogP contribution in [0, 0.1) is 58.7 Å². The van der Waals surface area contributed by atoms with E-state index in [1.54, 1.807) is 12.1 Å². The van der Waals surface area contributed by atoms with Gasteiger partial charge in [0.2, 0.25) is 0 Å². The fourth-order valence-corrected chi connectivity index (χ4v) is 10.1. The molecule has 4 aliphatic rings. The van der Waals surface area contributed by atoms with E-state index in [1.165, 1.54) is 44.9 Å². The van der Waals surface area contributed by atoms with Crippen molar-refractivity contribution in [1.82, 2.24) is 0 Å². The van der Waals surface area contributed by atoms with Crippen LogP contribution in [0.5, 0.6) is 0 Å². The molecule has 0 radical (unpaired) electrons. The number of hydrogen-bond acceptors (Lipinski definition) is 3. The van der Waals surface area contributed by atoms with Gasteiger partial charge < -0.3 is 9.84 Å². The van der Waals surface area contributed by atoms with Crippen LogP contribution < -0.4 is 0 Å². The number of fused-ring (bicyclic) bond motifs is 5. The number of benzene rings is 1. The molecule has 4 aliphatic carbocycles. The van der Waals surface area contributed by atoms with E-state index in [1.807, 2.05) is 25.1 Å². The largest absolute Gasteiger partial charge is 0.443 e. The number of hydrogen-bond donors (Lipinski definition) is 1. The predicted octanol–water partition coefficient (Wildman–Crippen LogP) is 8.06. The van der Waals surface area contributed by atoms with Gasteiger partial charge in [0, 0.05) is 0 Å². The summed E-state index contributed by atoms with van der Waals surface area (Å²) in [5.41, 5.74) is 0.0171. The molecule has 0 aliphatic heterocycles. The third kappa shape index (κ3) is 4.85. The molecule has 1 N–H and O–H groups in total. The normalized spacial score (nSPS) is 42.5. The highest BCUT2D eigenvalue weighted by Gasteiger charge is 2.61. The Bertz CT molecular complexity index is 1050. The summed E-state index contributed by atoms with van der Waals surface area (Å²) >= 11 is 0. The minimum atomic E-state index is -0.882. The Labute approximate surface area is 231 Å². The second-order valence-electron chi connectivity index (χ2n) is 14.7. The van der Waals surface area contributed by atoms with E-state index < -0.39 is 11.2 Å². The first kappa shape index (κ1) is 27.8. The van der Waals surface area contributed by atoms with E-state index in [0.717, 1.165) is 37.0 Å². The molecule has 38 heavy (non-hydrogen) atoms. The van der Waals surface area contributed by atoms with Gasteiger partial charge in [0.15, 0.2) is 5.60 Å². The van der Waals surface area contributed by atoms with Crippen LogP contribution in [0.4, 0.5) is 0 Å². The fourth-order valence-electron chi connectivity index (χ4n) is 10.1. The van der Waals surface area contributed by atoms with E-state index >= 15 is 0 Å². The second kappa shape index (κ2) is 9.99. The SMILES string of the molecule is C#CC(C)(CC[C@@H](C)[C@H]1CC[C@H]2[C@@H]3CC[C@H]4C[C@@](C)(O)CC[C@]4(C)[C@H]3CC[C@]12C)OC(=O)c1ccccc1. The summed E-state index contributed by atoms with van der Waals surface area (Å²) in [5, 5.41) is 10.8. The van der Waals surface area contributed by atoms with Gasteiger partial charge in [0.1, 0.15) is 0 Å². The van der Waals surface area contributed by atoms with Crippen LogP contribution in [0.3, 0.4) is 0 Å². The molecule has 0 bridgehead atoms. The summed E-state index contributed by atoms with van der Waals surface area (Å²) in [6.45, 7) is 11.6. The van der Waals surface area contributed by atoms with Crippen LogP contribution in [0.25, 0.3) is 0 Å². The summed E-state index contributed by atoms with van der Waals surface area (Å²) < 4.78 is 5.87. The number of esters is 1. The summed E-state index contributed by atoms with van der Waals surface area (Å²) in [6.07, 6.45) is 18.8. The van der Waals surface area contributed by atoms with Crippen molar-refractivity contribution >= 4 is 5.97 Å². The first-order valence-corrected chi connectivity index (χ1v) is 15.4. The molecule has 3 nitrogen and oxygen atoms in total. The van der Waals surface area contributed by atoms with Crippen LogP contribution in [0.15, 0.2) is 30.3 Å². The zero-order valence-electron chi connectivity index (χ0n) is 24.5. The van der Waals surface area contributed by atoms with Crippen molar-refractivity contribution in [3.05, 3.63) is 35.9 Å². The number of carbonyl (C=O) groups excluding carboxylic acids is 1. The molecule has 0 heterocycles. The number of rotatable bonds is 6. The molecule has 4 fully saturated rings. The zero-order valence-corrected chi connectivity index (χ0v) is 24.5. The van der Waals surface area contributed by atoms with Crippen molar-refractivity contribution < 1.29 is 14.6 Å². The van der Waals surface area contributed by atoms with E-state index in [4.69, 9.17) is 11.2 Å². The van der Waals surface area contributed by atoms with Gasteiger partial charge in [-0.2, -0.15) is 0 Å². The molecule has 0 spiro atoms. The zero-order chi connectivity index (χ0) is 27.3. The quantitative estimate of drug-likeness (QED) is 0.306. The molecule has 1 aromatic carbocycles. The monoisotopic (exact) mass is 518 g/mol. The lowest BCUT2D eigenvalue weighted by Gasteiger charge is -2.62. The third-order valence-corrected chi connectivity index (χ3v) is 12.4. The second-order valence-corrected chi connectivity index (χ2v) is 14.7. The summed E-state index contributed by atoms with van der Waals surface area (Å²) in [7, 11) is 0. The first-order valence-electron chi connectivity index (χ1n) is 15.4. The molecule has 1 aromatic rings. The lowest BCUT2D eigenvalue weighted by atomic mass is 9.43. The van der Waals surface area contributed by atoms with Gasteiger partial charge in [-0.1, -0.05) is 44.9 Å². The standard InChI is InChI=1S/C35H50O3/c1-7-33(4,38-31(36)25-11-9-8-10-12-25)19-17-24(2)28-15-16-29-27-14-13-26-23-32(3,37)21-22-34(26,5)30(27)18-20-35(28,29)6/h1,8-12,24,26-30,37H,13-23H2,2-6H3/t24-,26+,27+,28-,29+,30+,32+,33?,34+,35-/m1/s1. The van der Waals surface area contributed by atoms with Crippen molar-refractivity contribution in [3.63, 3.8) is 0 Å². The fraction of sp³-hybridized carbons (Fsp3) is 0.743. The number of carbonyl (C=O) groups is 1. The molecular weight excluding hydrogens is 468 g/mol. The average Bonchev–Trinajstić information content (AvgIpc) is 3.25. The molecule has 0 saturated heterocycles. The Balaban J connectivity index is 1.24. The Hall–Kier alpha value is -1.79. The Morgan fingerprint density at radius 2 is 1.76 bits per heavy atom. The van der Waals surface area contributed by atoms with Gasteiger partial charge in [0.25, 0.3) is 0 Å². The summed E-state index contributed by atoms with van der Waals surface area (Å²) in [6, 6.07) is 9.15. The van der Waals surface area contributed by atoms with E-state index in [-0.39, 0.29) is 5.97 Å². The van der Waals surface area contributed by atoms with Crippen molar-refractivity contribution in [3.8, 4) is 12.3 Å². The van der Waals surface area contributed by atoms with Crippen molar-refractivity contribution in [1.29, 1.82) is 0 Å². The summed E-state index contributed by atoms with van der Waals surface area (Å²) in [4.78, 5) is 12.7. The molecule has 0 amide bonds. The van der Waals surface area contributed by atoms with Crippen molar-refractivity contribution in [2.45, 2.75) is 116 Å². The van der Waals surface area contributed by atoms with Crippen LogP contribution in [0.2, 0.25) is 0 Å². The maximum absolute atomic E-state index is 12.7. The molecular formula is C35H50O3. The van der Waals surface area contributed by atoms with Gasteiger partial charge >= 0.3 is 5.97 Å². The van der Waals surface area contributed by atoms with E-state index in [9.17, 15) is 9.90 Å². The maximum Gasteiger partial charge on any atom is 0.339 e. The number of aliphatic hydroxyl groups is 1. The molecule has 4 saturated carbocycles. The van der Waals surface area contributed by atoms with Gasteiger partial charge in [-0.05, 0) is 143 Å². The average molecular weight is 519 g/mol. The molecule has 3 heteroatoms. The van der Waals surface area contributed by atoms with E-state index in [0.29, 0.717) is 40.6 Å². The molecule has 5 rings (SSSR count). The maximum atomic E-state index is 12.7. The van der Waals surface area contributed by atoms with Gasteiger partial charge in [-0.25, -0.2) is 4.79 Å². The minimum absolute atomic E-state index is 0.335. The van der Waals surface area contributed by atoms with Crippen LogP contribution in [0.1, 0.15) is 116 Å². The van der Waals surface area contributed by atoms with Crippen LogP contribution >= 0.6 is 0 Å². The van der Waals surface area contributed by atoms with E-state index in [2.05, 4.69) is 33.6 Å². The first-order chi connectivity index (χ1) is 17.9. The lowest BCUT2D eigenvalue weighted by molar-refractivity contribution is -0.148. The Morgan fingerprint density at radius 1 is 1.05 bits per heavy atom. The molecule has 208 valence electrons. The Kier molecular flexibility index (Phi) is 7.30. The lowest BCUT2D eigenvalue weighted by Crippen LogP contribution is -2.55. The van der Waals surface area contributed by atoms with Crippen molar-refractivity contribution in [2.24, 2.45) is 46.3 Å². The van der Waals surface area contributed by atoms with Crippen LogP contribution in [-0.4, -0.2) is 22.3 Å². The smallest absolute Gasteiger partial charge is 0.339 e. The van der Waals surface area contributed by atoms with Crippen LogP contribution in [-0.2, 0) is 4.74 Å². The number of terminal acetylenes is 1. The highest BCUT2D eigenvalue weighted by Crippen LogP contribution is 2.68.